The monoisotopic (exact) mass is 394 g/mol. The number of nitrogens with zero attached hydrogens (tertiary/aromatic N) is 1. The van der Waals surface area contributed by atoms with Crippen molar-refractivity contribution in [2.75, 3.05) is 23.3 Å². The summed E-state index contributed by atoms with van der Waals surface area (Å²) in [6.45, 7) is 2.73. The highest BCUT2D eigenvalue weighted by Gasteiger charge is 2.18. The minimum atomic E-state index is -0.226. The Balaban J connectivity index is 1.57. The van der Waals surface area contributed by atoms with Gasteiger partial charge in [0.2, 0.25) is 0 Å². The van der Waals surface area contributed by atoms with Gasteiger partial charge in [-0.2, -0.15) is 0 Å². The van der Waals surface area contributed by atoms with E-state index in [9.17, 15) is 9.59 Å². The Hall–Kier alpha value is -3.02. The molecule has 29 heavy (non-hydrogen) atoms. The lowest BCUT2D eigenvalue weighted by atomic mass is 9.96. The van der Waals surface area contributed by atoms with E-state index in [1.54, 1.807) is 4.90 Å². The minimum Gasteiger partial charge on any atom is -0.336 e. The largest absolute Gasteiger partial charge is 0.336 e. The van der Waals surface area contributed by atoms with Gasteiger partial charge >= 0.3 is 12.1 Å². The average molecular weight is 395 g/mol. The fourth-order valence-corrected chi connectivity index (χ4v) is 3.63. The van der Waals surface area contributed by atoms with Crippen LogP contribution >= 0.6 is 0 Å². The highest BCUT2D eigenvalue weighted by molar-refractivity contribution is 6.01. The lowest BCUT2D eigenvalue weighted by molar-refractivity contribution is 0.232. The number of anilines is 2. The van der Waals surface area contributed by atoms with Crippen molar-refractivity contribution in [2.45, 2.75) is 45.1 Å². The predicted molar refractivity (Wildman–Crippen MR) is 117 cm³/mol. The minimum absolute atomic E-state index is 0.163. The maximum absolute atomic E-state index is 12.9. The van der Waals surface area contributed by atoms with Crippen molar-refractivity contribution in [1.82, 2.24) is 10.6 Å². The van der Waals surface area contributed by atoms with Crippen molar-refractivity contribution >= 4 is 23.4 Å². The molecule has 0 saturated heterocycles. The second-order valence-corrected chi connectivity index (χ2v) is 7.52. The van der Waals surface area contributed by atoms with E-state index >= 15 is 0 Å². The first kappa shape index (κ1) is 20.7. The van der Waals surface area contributed by atoms with Gasteiger partial charge in [-0.1, -0.05) is 49.6 Å². The Bertz CT molecular complexity index is 804. The van der Waals surface area contributed by atoms with Crippen LogP contribution in [0.4, 0.5) is 21.0 Å². The van der Waals surface area contributed by atoms with Crippen LogP contribution in [0.1, 0.15) is 37.7 Å². The Morgan fingerprint density at radius 2 is 1.76 bits per heavy atom. The van der Waals surface area contributed by atoms with Crippen LogP contribution in [-0.4, -0.2) is 31.2 Å². The molecule has 1 saturated carbocycles. The zero-order chi connectivity index (χ0) is 20.5. The molecule has 0 atom stereocenters. The first-order valence-electron chi connectivity index (χ1n) is 10.4. The van der Waals surface area contributed by atoms with E-state index in [1.165, 1.54) is 19.3 Å². The summed E-state index contributed by atoms with van der Waals surface area (Å²) in [7, 11) is 0. The summed E-state index contributed by atoms with van der Waals surface area (Å²) in [5.41, 5.74) is 2.61. The molecule has 1 aliphatic carbocycles. The summed E-state index contributed by atoms with van der Waals surface area (Å²) >= 11 is 0. The fraction of sp³-hybridized carbons (Fsp3) is 0.391. The first-order valence-corrected chi connectivity index (χ1v) is 10.4. The molecular formula is C23H30N4O2. The van der Waals surface area contributed by atoms with Crippen LogP contribution in [0.15, 0.2) is 54.6 Å². The van der Waals surface area contributed by atoms with Crippen molar-refractivity contribution in [1.29, 1.82) is 0 Å². The van der Waals surface area contributed by atoms with Crippen LogP contribution in [0.2, 0.25) is 0 Å². The van der Waals surface area contributed by atoms with Gasteiger partial charge in [0.1, 0.15) is 0 Å². The number of nitrogens with one attached hydrogen (secondary N) is 3. The Kier molecular flexibility index (Phi) is 7.50. The van der Waals surface area contributed by atoms with E-state index in [2.05, 4.69) is 16.0 Å². The molecule has 4 amide bonds. The summed E-state index contributed by atoms with van der Waals surface area (Å²) in [5, 5.41) is 8.87. The third kappa shape index (κ3) is 6.52. The Morgan fingerprint density at radius 3 is 2.48 bits per heavy atom. The molecule has 1 fully saturated rings. The number of para-hydroxylation sites is 1. The summed E-state index contributed by atoms with van der Waals surface area (Å²) < 4.78 is 0. The van der Waals surface area contributed by atoms with Crippen LogP contribution in [0, 0.1) is 6.92 Å². The standard InChI is InChI=1S/C23H30N4O2/c1-18-9-8-12-20(17-18)26-23(29)27(21-13-6-3-7-14-21)16-15-24-22(28)25-19-10-4-2-5-11-19/h3,6-9,12-14,17,19H,2,4-5,10-11,15-16H2,1H3,(H,26,29)(H2,24,25,28). The van der Waals surface area contributed by atoms with Crippen molar-refractivity contribution in [3.63, 3.8) is 0 Å². The van der Waals surface area contributed by atoms with E-state index in [0.29, 0.717) is 13.1 Å². The zero-order valence-electron chi connectivity index (χ0n) is 17.0. The third-order valence-electron chi connectivity index (χ3n) is 5.14. The molecule has 0 aromatic heterocycles. The number of rotatable bonds is 6. The summed E-state index contributed by atoms with van der Waals surface area (Å²) in [6.07, 6.45) is 5.69. The third-order valence-corrected chi connectivity index (χ3v) is 5.14. The smallest absolute Gasteiger partial charge is 0.326 e. The van der Waals surface area contributed by atoms with Crippen molar-refractivity contribution in [3.8, 4) is 0 Å². The first-order chi connectivity index (χ1) is 14.1. The molecule has 0 bridgehead atoms. The average Bonchev–Trinajstić information content (AvgIpc) is 2.72. The predicted octanol–water partition coefficient (Wildman–Crippen LogP) is 4.67. The molecule has 154 valence electrons. The highest BCUT2D eigenvalue weighted by Crippen LogP contribution is 2.18. The molecule has 2 aromatic rings. The molecule has 6 nitrogen and oxygen atoms in total. The molecule has 1 aliphatic rings. The zero-order valence-corrected chi connectivity index (χ0v) is 17.0. The maximum atomic E-state index is 12.9. The number of hydrogen-bond donors (Lipinski definition) is 3. The number of amides is 4. The quantitative estimate of drug-likeness (QED) is 0.666. The van der Waals surface area contributed by atoms with Gasteiger partial charge in [-0.25, -0.2) is 9.59 Å². The number of benzene rings is 2. The molecule has 2 aromatic carbocycles. The van der Waals surface area contributed by atoms with E-state index < -0.39 is 0 Å². The molecular weight excluding hydrogens is 364 g/mol. The van der Waals surface area contributed by atoms with Crippen molar-refractivity contribution in [2.24, 2.45) is 0 Å². The number of hydrogen-bond acceptors (Lipinski definition) is 2. The van der Waals surface area contributed by atoms with Crippen molar-refractivity contribution < 1.29 is 9.59 Å². The molecule has 0 unspecified atom stereocenters. The van der Waals surface area contributed by atoms with E-state index in [1.807, 2.05) is 61.5 Å². The SMILES string of the molecule is Cc1cccc(NC(=O)N(CCNC(=O)NC2CCCCC2)c2ccccc2)c1. The van der Waals surface area contributed by atoms with Gasteiger partial charge in [0, 0.05) is 30.5 Å². The van der Waals surface area contributed by atoms with Crippen LogP contribution in [0.25, 0.3) is 0 Å². The molecule has 3 rings (SSSR count). The summed E-state index contributed by atoms with van der Waals surface area (Å²) in [4.78, 5) is 26.7. The number of urea groups is 2. The van der Waals surface area contributed by atoms with Crippen molar-refractivity contribution in [3.05, 3.63) is 60.2 Å². The molecule has 0 spiro atoms. The second kappa shape index (κ2) is 10.5. The van der Waals surface area contributed by atoms with Gasteiger partial charge in [0.25, 0.3) is 0 Å². The number of aryl methyl sites for hydroxylation is 1. The summed E-state index contributed by atoms with van der Waals surface area (Å²) in [6, 6.07) is 17.0. The fourth-order valence-electron chi connectivity index (χ4n) is 3.63. The lowest BCUT2D eigenvalue weighted by Crippen LogP contribution is -2.46. The number of carbonyl (C=O) groups excluding carboxylic acids is 2. The Morgan fingerprint density at radius 1 is 1.00 bits per heavy atom. The van der Waals surface area contributed by atoms with E-state index in [-0.39, 0.29) is 18.1 Å². The van der Waals surface area contributed by atoms with Gasteiger partial charge in [0.05, 0.1) is 0 Å². The Labute approximate surface area is 172 Å². The molecule has 0 heterocycles. The molecule has 0 aliphatic heterocycles. The molecule has 6 heteroatoms. The highest BCUT2D eigenvalue weighted by atomic mass is 16.2. The van der Waals surface area contributed by atoms with E-state index in [0.717, 1.165) is 29.8 Å². The van der Waals surface area contributed by atoms with Crippen LogP contribution in [-0.2, 0) is 0 Å². The topological polar surface area (TPSA) is 73.5 Å². The van der Waals surface area contributed by atoms with E-state index in [4.69, 9.17) is 0 Å². The normalized spacial score (nSPS) is 14.1. The van der Waals surface area contributed by atoms with Gasteiger partial charge in [-0.3, -0.25) is 4.90 Å². The van der Waals surface area contributed by atoms with Crippen LogP contribution < -0.4 is 20.9 Å². The van der Waals surface area contributed by atoms with Gasteiger partial charge in [-0.15, -0.1) is 0 Å². The lowest BCUT2D eigenvalue weighted by Gasteiger charge is -2.25. The van der Waals surface area contributed by atoms with Gasteiger partial charge in [0.15, 0.2) is 0 Å². The van der Waals surface area contributed by atoms with Crippen LogP contribution in [0.3, 0.4) is 0 Å². The molecule has 3 N–H and O–H groups in total. The second-order valence-electron chi connectivity index (χ2n) is 7.52. The van der Waals surface area contributed by atoms with Gasteiger partial charge in [-0.05, 0) is 49.6 Å². The number of carbonyl (C=O) groups is 2. The molecule has 0 radical (unpaired) electrons. The van der Waals surface area contributed by atoms with Gasteiger partial charge < -0.3 is 16.0 Å². The summed E-state index contributed by atoms with van der Waals surface area (Å²) in [5.74, 6) is 0. The van der Waals surface area contributed by atoms with Crippen LogP contribution in [0.5, 0.6) is 0 Å². The maximum Gasteiger partial charge on any atom is 0.326 e.